The van der Waals surface area contributed by atoms with Gasteiger partial charge in [-0.2, -0.15) is 0 Å². The van der Waals surface area contributed by atoms with Crippen LogP contribution in [0.4, 0.5) is 0 Å². The van der Waals surface area contributed by atoms with E-state index in [4.69, 9.17) is 14.2 Å². The van der Waals surface area contributed by atoms with Crippen LogP contribution in [0, 0.1) is 6.92 Å². The molecule has 0 fully saturated rings. The third-order valence-electron chi connectivity index (χ3n) is 4.76. The second-order valence-electron chi connectivity index (χ2n) is 7.09. The first kappa shape index (κ1) is 18.2. The highest BCUT2D eigenvalue weighted by Gasteiger charge is 2.13. The van der Waals surface area contributed by atoms with Crippen LogP contribution < -0.4 is 4.74 Å². The maximum Gasteiger partial charge on any atom is 0.124 e. The first-order valence-electron chi connectivity index (χ1n) is 9.25. The van der Waals surface area contributed by atoms with Crippen molar-refractivity contribution in [1.82, 2.24) is 15.0 Å². The van der Waals surface area contributed by atoms with Crippen LogP contribution in [0.5, 0.6) is 5.75 Å². The van der Waals surface area contributed by atoms with E-state index in [1.54, 1.807) is 13.4 Å². The zero-order chi connectivity index (χ0) is 19.5. The fraction of sp³-hybridized carbons (Fsp3) is 0.217. The van der Waals surface area contributed by atoms with Crippen molar-refractivity contribution >= 4 is 10.9 Å². The standard InChI is InChI=1S/C23H23N3O2/c1-16-5-4-6-18(11-16)23-19(14-26(2)15-20-9-10-28-25-20)12-17-7-8-21(27-3)13-22(17)24-23/h4-13H,14-15H2,1-3H3. The summed E-state index contributed by atoms with van der Waals surface area (Å²) >= 11 is 0. The van der Waals surface area contributed by atoms with Crippen molar-refractivity contribution in [3.63, 3.8) is 0 Å². The van der Waals surface area contributed by atoms with Crippen LogP contribution in [0.15, 0.2) is 65.4 Å². The number of benzene rings is 2. The van der Waals surface area contributed by atoms with Gasteiger partial charge in [0, 0.05) is 36.2 Å². The summed E-state index contributed by atoms with van der Waals surface area (Å²) in [5.41, 5.74) is 6.35. The normalized spacial score (nSPS) is 11.3. The SMILES string of the molecule is COc1ccc2cc(CN(C)Cc3ccon3)c(-c3cccc(C)c3)nc2c1. The third kappa shape index (κ3) is 3.89. The Hall–Kier alpha value is -3.18. The number of hydrogen-bond donors (Lipinski definition) is 0. The first-order chi connectivity index (χ1) is 13.6. The number of pyridine rings is 1. The number of rotatable bonds is 6. The van der Waals surface area contributed by atoms with E-state index < -0.39 is 0 Å². The number of methoxy groups -OCH3 is 1. The average Bonchev–Trinajstić information content (AvgIpc) is 3.20. The van der Waals surface area contributed by atoms with Crippen LogP contribution in [-0.2, 0) is 13.1 Å². The van der Waals surface area contributed by atoms with Gasteiger partial charge in [0.2, 0.25) is 0 Å². The highest BCUT2D eigenvalue weighted by atomic mass is 16.5. The van der Waals surface area contributed by atoms with Crippen molar-refractivity contribution in [1.29, 1.82) is 0 Å². The van der Waals surface area contributed by atoms with Crippen molar-refractivity contribution < 1.29 is 9.26 Å². The van der Waals surface area contributed by atoms with Crippen LogP contribution in [-0.4, -0.2) is 29.2 Å². The van der Waals surface area contributed by atoms with Gasteiger partial charge in [0.1, 0.15) is 12.0 Å². The van der Waals surface area contributed by atoms with Crippen LogP contribution in [0.1, 0.15) is 16.8 Å². The minimum absolute atomic E-state index is 0.713. The number of nitrogens with zero attached hydrogens (tertiary/aromatic N) is 3. The van der Waals surface area contributed by atoms with Gasteiger partial charge in [-0.25, -0.2) is 4.98 Å². The van der Waals surface area contributed by atoms with Crippen molar-refractivity contribution in [3.8, 4) is 17.0 Å². The van der Waals surface area contributed by atoms with Gasteiger partial charge in [0.15, 0.2) is 0 Å². The summed E-state index contributed by atoms with van der Waals surface area (Å²) in [6.07, 6.45) is 1.60. The van der Waals surface area contributed by atoms with E-state index in [0.29, 0.717) is 6.54 Å². The first-order valence-corrected chi connectivity index (χ1v) is 9.25. The van der Waals surface area contributed by atoms with Gasteiger partial charge in [0.05, 0.1) is 24.0 Å². The van der Waals surface area contributed by atoms with Gasteiger partial charge in [-0.05, 0) is 43.8 Å². The minimum Gasteiger partial charge on any atom is -0.497 e. The topological polar surface area (TPSA) is 51.4 Å². The van der Waals surface area contributed by atoms with E-state index in [1.807, 2.05) is 18.2 Å². The van der Waals surface area contributed by atoms with Gasteiger partial charge < -0.3 is 9.26 Å². The van der Waals surface area contributed by atoms with E-state index in [0.717, 1.165) is 40.1 Å². The lowest BCUT2D eigenvalue weighted by Crippen LogP contribution is -2.18. The molecule has 142 valence electrons. The molecule has 0 N–H and O–H groups in total. The summed E-state index contributed by atoms with van der Waals surface area (Å²) in [6.45, 7) is 3.57. The monoisotopic (exact) mass is 373 g/mol. The maximum absolute atomic E-state index is 5.38. The second kappa shape index (κ2) is 7.82. The molecule has 2 aromatic heterocycles. The van der Waals surface area contributed by atoms with Crippen molar-refractivity contribution in [2.24, 2.45) is 0 Å². The molecule has 5 nitrogen and oxygen atoms in total. The van der Waals surface area contributed by atoms with Gasteiger partial charge in [0.25, 0.3) is 0 Å². The fourth-order valence-corrected chi connectivity index (χ4v) is 3.42. The zero-order valence-electron chi connectivity index (χ0n) is 16.3. The largest absolute Gasteiger partial charge is 0.497 e. The van der Waals surface area contributed by atoms with Gasteiger partial charge in [-0.1, -0.05) is 28.9 Å². The summed E-state index contributed by atoms with van der Waals surface area (Å²) in [5, 5.41) is 5.11. The number of aryl methyl sites for hydroxylation is 1. The Morgan fingerprint density at radius 3 is 2.68 bits per heavy atom. The Kier molecular flexibility index (Phi) is 5.08. The summed E-state index contributed by atoms with van der Waals surface area (Å²) in [7, 11) is 3.75. The lowest BCUT2D eigenvalue weighted by atomic mass is 10.0. The summed E-state index contributed by atoms with van der Waals surface area (Å²) in [5.74, 6) is 0.811. The molecule has 28 heavy (non-hydrogen) atoms. The molecule has 0 amide bonds. The Bertz CT molecular complexity index is 1090. The average molecular weight is 373 g/mol. The van der Waals surface area contributed by atoms with Crippen LogP contribution in [0.2, 0.25) is 0 Å². The van der Waals surface area contributed by atoms with E-state index in [2.05, 4.69) is 60.4 Å². The molecular weight excluding hydrogens is 350 g/mol. The molecule has 0 radical (unpaired) electrons. The molecule has 0 aliphatic rings. The molecule has 0 saturated heterocycles. The van der Waals surface area contributed by atoms with E-state index in [-0.39, 0.29) is 0 Å². The third-order valence-corrected chi connectivity index (χ3v) is 4.76. The van der Waals surface area contributed by atoms with E-state index >= 15 is 0 Å². The second-order valence-corrected chi connectivity index (χ2v) is 7.09. The lowest BCUT2D eigenvalue weighted by molar-refractivity contribution is 0.304. The molecule has 0 aliphatic heterocycles. The fourth-order valence-electron chi connectivity index (χ4n) is 3.42. The number of fused-ring (bicyclic) bond motifs is 1. The predicted octanol–water partition coefficient (Wildman–Crippen LogP) is 4.84. The quantitative estimate of drug-likeness (QED) is 0.484. The van der Waals surface area contributed by atoms with Crippen LogP contribution in [0.25, 0.3) is 22.2 Å². The lowest BCUT2D eigenvalue weighted by Gasteiger charge is -2.18. The molecule has 0 unspecified atom stereocenters. The minimum atomic E-state index is 0.713. The van der Waals surface area contributed by atoms with Crippen LogP contribution >= 0.6 is 0 Å². The molecule has 5 heteroatoms. The van der Waals surface area contributed by atoms with Gasteiger partial charge >= 0.3 is 0 Å². The Balaban J connectivity index is 1.77. The molecule has 0 bridgehead atoms. The molecular formula is C23H23N3O2. The molecule has 2 aromatic carbocycles. The summed E-state index contributed by atoms with van der Waals surface area (Å²) in [6, 6.07) is 18.6. The molecule has 0 spiro atoms. The Morgan fingerprint density at radius 2 is 1.93 bits per heavy atom. The van der Waals surface area contributed by atoms with Crippen molar-refractivity contribution in [3.05, 3.63) is 77.7 Å². The number of hydrogen-bond acceptors (Lipinski definition) is 5. The van der Waals surface area contributed by atoms with E-state index in [1.165, 1.54) is 11.1 Å². The number of aromatic nitrogens is 2. The molecule has 0 aliphatic carbocycles. The molecule has 0 saturated carbocycles. The molecule has 2 heterocycles. The van der Waals surface area contributed by atoms with E-state index in [9.17, 15) is 0 Å². The Labute approximate surface area is 164 Å². The molecule has 0 atom stereocenters. The van der Waals surface area contributed by atoms with Crippen molar-refractivity contribution in [2.45, 2.75) is 20.0 Å². The maximum atomic E-state index is 5.38. The summed E-state index contributed by atoms with van der Waals surface area (Å²) < 4.78 is 10.3. The zero-order valence-corrected chi connectivity index (χ0v) is 16.3. The Morgan fingerprint density at radius 1 is 1.04 bits per heavy atom. The summed E-state index contributed by atoms with van der Waals surface area (Å²) in [4.78, 5) is 7.22. The molecule has 4 rings (SSSR count). The highest BCUT2D eigenvalue weighted by molar-refractivity contribution is 5.84. The predicted molar refractivity (Wildman–Crippen MR) is 110 cm³/mol. The van der Waals surface area contributed by atoms with Crippen molar-refractivity contribution in [2.75, 3.05) is 14.2 Å². The van der Waals surface area contributed by atoms with Gasteiger partial charge in [-0.15, -0.1) is 0 Å². The number of ether oxygens (including phenoxy) is 1. The van der Waals surface area contributed by atoms with Crippen LogP contribution in [0.3, 0.4) is 0 Å². The smallest absolute Gasteiger partial charge is 0.124 e. The van der Waals surface area contributed by atoms with Gasteiger partial charge in [-0.3, -0.25) is 4.90 Å². The highest BCUT2D eigenvalue weighted by Crippen LogP contribution is 2.29. The molecule has 4 aromatic rings.